The molecule has 0 amide bonds. The standard InChI is InChI=1S/C45H88O5/c1-5-9-13-15-20-26-34-42(32-12-8-4)40-50-45(48)38-30-24-19-17-22-28-36-43(46)35-27-21-16-18-23-29-37-44(47)49-39-41(31-11-7-3)33-25-14-10-6-2/h41-43,46H,5-40H2,1-4H3. The number of hydrogen-bond acceptors (Lipinski definition) is 5. The number of rotatable bonds is 40. The first-order valence-corrected chi connectivity index (χ1v) is 22.5. The summed E-state index contributed by atoms with van der Waals surface area (Å²) in [6.07, 6.45) is 38.7. The molecule has 5 nitrogen and oxygen atoms in total. The van der Waals surface area contributed by atoms with Gasteiger partial charge >= 0.3 is 11.9 Å². The number of ether oxygens (including phenoxy) is 2. The number of carbonyl (C=O) groups is 2. The van der Waals surface area contributed by atoms with Gasteiger partial charge in [-0.1, -0.05) is 182 Å². The van der Waals surface area contributed by atoms with Gasteiger partial charge in [0.1, 0.15) is 0 Å². The summed E-state index contributed by atoms with van der Waals surface area (Å²) in [5.74, 6) is 1.06. The molecule has 3 unspecified atom stereocenters. The minimum Gasteiger partial charge on any atom is -0.465 e. The van der Waals surface area contributed by atoms with Gasteiger partial charge in [-0.2, -0.15) is 0 Å². The van der Waals surface area contributed by atoms with Crippen molar-refractivity contribution < 1.29 is 24.2 Å². The average Bonchev–Trinajstić information content (AvgIpc) is 3.11. The monoisotopic (exact) mass is 709 g/mol. The Kier molecular flexibility index (Phi) is 38.3. The fourth-order valence-electron chi connectivity index (χ4n) is 7.10. The first kappa shape index (κ1) is 48.9. The second kappa shape index (κ2) is 39.1. The average molecular weight is 709 g/mol. The largest absolute Gasteiger partial charge is 0.465 e. The van der Waals surface area contributed by atoms with Crippen molar-refractivity contribution in [3.8, 4) is 0 Å². The molecule has 0 radical (unpaired) electrons. The van der Waals surface area contributed by atoms with Gasteiger partial charge in [-0.25, -0.2) is 0 Å². The van der Waals surface area contributed by atoms with E-state index in [-0.39, 0.29) is 18.0 Å². The van der Waals surface area contributed by atoms with Crippen LogP contribution in [0.15, 0.2) is 0 Å². The molecule has 50 heavy (non-hydrogen) atoms. The van der Waals surface area contributed by atoms with E-state index in [1.165, 1.54) is 141 Å². The van der Waals surface area contributed by atoms with Crippen LogP contribution in [-0.4, -0.2) is 36.4 Å². The lowest BCUT2D eigenvalue weighted by atomic mass is 9.96. The van der Waals surface area contributed by atoms with Crippen LogP contribution in [0.1, 0.15) is 246 Å². The molecular weight excluding hydrogens is 620 g/mol. The van der Waals surface area contributed by atoms with Gasteiger partial charge in [-0.05, 0) is 63.2 Å². The third-order valence-electron chi connectivity index (χ3n) is 10.7. The lowest BCUT2D eigenvalue weighted by molar-refractivity contribution is -0.146. The van der Waals surface area contributed by atoms with Crippen LogP contribution in [0.2, 0.25) is 0 Å². The highest BCUT2D eigenvalue weighted by molar-refractivity contribution is 5.69. The molecule has 5 heteroatoms. The molecule has 0 aromatic rings. The molecule has 298 valence electrons. The van der Waals surface area contributed by atoms with Gasteiger partial charge in [-0.3, -0.25) is 9.59 Å². The summed E-state index contributed by atoms with van der Waals surface area (Å²) >= 11 is 0. The topological polar surface area (TPSA) is 72.8 Å². The van der Waals surface area contributed by atoms with E-state index in [0.29, 0.717) is 37.9 Å². The van der Waals surface area contributed by atoms with Gasteiger partial charge in [0, 0.05) is 12.8 Å². The zero-order valence-electron chi connectivity index (χ0n) is 34.3. The molecule has 0 fully saturated rings. The number of carbonyl (C=O) groups excluding carboxylic acids is 2. The van der Waals surface area contributed by atoms with E-state index in [0.717, 1.165) is 64.2 Å². The molecule has 0 saturated carbocycles. The Labute approximate surface area is 312 Å². The van der Waals surface area contributed by atoms with Crippen LogP contribution in [0.3, 0.4) is 0 Å². The first-order valence-electron chi connectivity index (χ1n) is 22.5. The third kappa shape index (κ3) is 35.3. The second-order valence-electron chi connectivity index (χ2n) is 15.8. The summed E-state index contributed by atoms with van der Waals surface area (Å²) < 4.78 is 11.4. The van der Waals surface area contributed by atoms with Crippen molar-refractivity contribution >= 4 is 11.9 Å². The summed E-state index contributed by atoms with van der Waals surface area (Å²) in [5, 5.41) is 10.4. The fraction of sp³-hybridized carbons (Fsp3) is 0.956. The lowest BCUT2D eigenvalue weighted by Crippen LogP contribution is -2.14. The van der Waals surface area contributed by atoms with Gasteiger partial charge in [0.25, 0.3) is 0 Å². The van der Waals surface area contributed by atoms with E-state index in [4.69, 9.17) is 9.47 Å². The Morgan fingerprint density at radius 1 is 0.380 bits per heavy atom. The quantitative estimate of drug-likeness (QED) is 0.0507. The predicted octanol–water partition coefficient (Wildman–Crippen LogP) is 14.0. The summed E-state index contributed by atoms with van der Waals surface area (Å²) in [6.45, 7) is 10.2. The lowest BCUT2D eigenvalue weighted by Gasteiger charge is -2.17. The molecule has 0 aliphatic heterocycles. The normalized spacial score (nSPS) is 13.3. The molecule has 0 rings (SSSR count). The van der Waals surface area contributed by atoms with Gasteiger partial charge in [-0.15, -0.1) is 0 Å². The van der Waals surface area contributed by atoms with Crippen molar-refractivity contribution in [1.82, 2.24) is 0 Å². The van der Waals surface area contributed by atoms with Crippen LogP contribution in [0.4, 0.5) is 0 Å². The number of aliphatic hydroxyl groups is 1. The fourth-order valence-corrected chi connectivity index (χ4v) is 7.10. The Morgan fingerprint density at radius 3 is 1.04 bits per heavy atom. The molecule has 0 bridgehead atoms. The summed E-state index contributed by atoms with van der Waals surface area (Å²) in [5.41, 5.74) is 0. The molecule has 0 spiro atoms. The van der Waals surface area contributed by atoms with Crippen molar-refractivity contribution in [1.29, 1.82) is 0 Å². The van der Waals surface area contributed by atoms with Gasteiger partial charge < -0.3 is 14.6 Å². The van der Waals surface area contributed by atoms with E-state index in [1.807, 2.05) is 0 Å². The predicted molar refractivity (Wildman–Crippen MR) is 215 cm³/mol. The van der Waals surface area contributed by atoms with Crippen LogP contribution >= 0.6 is 0 Å². The first-order chi connectivity index (χ1) is 24.5. The Hall–Kier alpha value is -1.10. The van der Waals surface area contributed by atoms with Gasteiger partial charge in [0.15, 0.2) is 0 Å². The van der Waals surface area contributed by atoms with Crippen LogP contribution in [0, 0.1) is 11.8 Å². The maximum absolute atomic E-state index is 12.3. The Bertz CT molecular complexity index is 710. The zero-order valence-corrected chi connectivity index (χ0v) is 34.3. The van der Waals surface area contributed by atoms with Crippen LogP contribution in [-0.2, 0) is 19.1 Å². The van der Waals surface area contributed by atoms with Crippen LogP contribution < -0.4 is 0 Å². The smallest absolute Gasteiger partial charge is 0.305 e. The SMILES string of the molecule is CCCCCCCCC(CCCC)COC(=O)CCCCCCCCC(O)CCCCCCCCC(=O)OCC(CCCC)CCCCCC. The molecule has 0 aromatic heterocycles. The maximum atomic E-state index is 12.3. The molecule has 0 heterocycles. The highest BCUT2D eigenvalue weighted by atomic mass is 16.5. The number of esters is 2. The molecule has 0 aliphatic carbocycles. The second-order valence-corrected chi connectivity index (χ2v) is 15.8. The van der Waals surface area contributed by atoms with E-state index < -0.39 is 0 Å². The minimum atomic E-state index is -0.172. The van der Waals surface area contributed by atoms with Gasteiger partial charge in [0.2, 0.25) is 0 Å². The van der Waals surface area contributed by atoms with Crippen molar-refractivity contribution in [3.63, 3.8) is 0 Å². The molecule has 0 aromatic carbocycles. The van der Waals surface area contributed by atoms with Crippen molar-refractivity contribution in [2.24, 2.45) is 11.8 Å². The Morgan fingerprint density at radius 2 is 0.660 bits per heavy atom. The van der Waals surface area contributed by atoms with Crippen LogP contribution in [0.5, 0.6) is 0 Å². The summed E-state index contributed by atoms with van der Waals surface area (Å²) in [6, 6.07) is 0. The van der Waals surface area contributed by atoms with E-state index in [2.05, 4.69) is 27.7 Å². The van der Waals surface area contributed by atoms with Crippen LogP contribution in [0.25, 0.3) is 0 Å². The van der Waals surface area contributed by atoms with Crippen molar-refractivity contribution in [2.75, 3.05) is 13.2 Å². The maximum Gasteiger partial charge on any atom is 0.305 e. The van der Waals surface area contributed by atoms with Gasteiger partial charge in [0.05, 0.1) is 19.3 Å². The van der Waals surface area contributed by atoms with Crippen molar-refractivity contribution in [2.45, 2.75) is 252 Å². The number of aliphatic hydroxyl groups excluding tert-OH is 1. The van der Waals surface area contributed by atoms with E-state index >= 15 is 0 Å². The molecule has 0 aliphatic rings. The minimum absolute atomic E-state index is 0.00728. The summed E-state index contributed by atoms with van der Waals surface area (Å²) in [4.78, 5) is 24.6. The summed E-state index contributed by atoms with van der Waals surface area (Å²) in [7, 11) is 0. The van der Waals surface area contributed by atoms with E-state index in [1.54, 1.807) is 0 Å². The number of hydrogen-bond donors (Lipinski definition) is 1. The zero-order chi connectivity index (χ0) is 36.8. The highest BCUT2D eigenvalue weighted by Crippen LogP contribution is 2.21. The van der Waals surface area contributed by atoms with Crippen molar-refractivity contribution in [3.05, 3.63) is 0 Å². The molecule has 3 atom stereocenters. The molecule has 0 saturated heterocycles. The van der Waals surface area contributed by atoms with E-state index in [9.17, 15) is 14.7 Å². The molecule has 1 N–H and O–H groups in total. The highest BCUT2D eigenvalue weighted by Gasteiger charge is 2.13. The molecular formula is C45H88O5. The number of unbranched alkanes of at least 4 members (excludes halogenated alkanes) is 20. The third-order valence-corrected chi connectivity index (χ3v) is 10.7. The Balaban J connectivity index is 3.68.